The molecule has 0 fully saturated rings. The first kappa shape index (κ1) is 28.2. The molecule has 0 saturated heterocycles. The lowest BCUT2D eigenvalue weighted by Crippen LogP contribution is -2.02. The normalized spacial score (nSPS) is 13.7. The summed E-state index contributed by atoms with van der Waals surface area (Å²) in [5.74, 6) is 0.120. The lowest BCUT2D eigenvalue weighted by atomic mass is 9.89. The summed E-state index contributed by atoms with van der Waals surface area (Å²) in [6, 6.07) is 64.2. The van der Waals surface area contributed by atoms with Crippen molar-refractivity contribution in [2.75, 3.05) is 0 Å². The monoisotopic (exact) mass is 649 g/mol. The van der Waals surface area contributed by atoms with Gasteiger partial charge in [0, 0.05) is 45.0 Å². The number of fused-ring (bicyclic) bond motifs is 9. The quantitative estimate of drug-likeness (QED) is 0.186. The molecule has 3 aromatic heterocycles. The van der Waals surface area contributed by atoms with Crippen molar-refractivity contribution in [3.63, 3.8) is 0 Å². The SMILES string of the molecule is c1ccc(-c2ccc3c(c2)c2cccnc2n3-c2cccc(C3c4ccccc4-c4cc(-n5c6ccccc6c6ccccc65)ccc43)c2)cc1. The second-order valence-corrected chi connectivity index (χ2v) is 13.6. The Balaban J connectivity index is 1.08. The maximum atomic E-state index is 4.93. The van der Waals surface area contributed by atoms with Gasteiger partial charge in [0.1, 0.15) is 5.65 Å². The first-order chi connectivity index (χ1) is 25.3. The molecule has 1 aliphatic carbocycles. The third-order valence-electron chi connectivity index (χ3n) is 10.8. The second kappa shape index (κ2) is 10.9. The van der Waals surface area contributed by atoms with E-state index < -0.39 is 0 Å². The van der Waals surface area contributed by atoms with E-state index in [9.17, 15) is 0 Å². The number of hydrogen-bond acceptors (Lipinski definition) is 1. The summed E-state index contributed by atoms with van der Waals surface area (Å²) in [7, 11) is 0. The first-order valence-corrected chi connectivity index (χ1v) is 17.6. The molecular formula is C48H31N3. The van der Waals surface area contributed by atoms with Crippen LogP contribution in [0.4, 0.5) is 0 Å². The van der Waals surface area contributed by atoms with Gasteiger partial charge < -0.3 is 4.57 Å². The largest absolute Gasteiger partial charge is 0.309 e. The summed E-state index contributed by atoms with van der Waals surface area (Å²) in [4.78, 5) is 4.93. The van der Waals surface area contributed by atoms with E-state index in [1.54, 1.807) is 0 Å². The van der Waals surface area contributed by atoms with Gasteiger partial charge in [-0.15, -0.1) is 0 Å². The second-order valence-electron chi connectivity index (χ2n) is 13.6. The highest BCUT2D eigenvalue weighted by atomic mass is 15.0. The van der Waals surface area contributed by atoms with Crippen LogP contribution in [0.3, 0.4) is 0 Å². The average molecular weight is 650 g/mol. The first-order valence-electron chi connectivity index (χ1n) is 17.6. The van der Waals surface area contributed by atoms with E-state index in [1.165, 1.54) is 71.8 Å². The van der Waals surface area contributed by atoms with Crippen LogP contribution < -0.4 is 0 Å². The Morgan fingerprint density at radius 3 is 1.92 bits per heavy atom. The predicted octanol–water partition coefficient (Wildman–Crippen LogP) is 12.1. The van der Waals surface area contributed by atoms with Gasteiger partial charge in [-0.1, -0.05) is 115 Å². The van der Waals surface area contributed by atoms with Gasteiger partial charge in [0.05, 0.1) is 16.6 Å². The fourth-order valence-corrected chi connectivity index (χ4v) is 8.65. The van der Waals surface area contributed by atoms with Gasteiger partial charge in [-0.25, -0.2) is 4.98 Å². The molecule has 238 valence electrons. The Labute approximate surface area is 295 Å². The maximum absolute atomic E-state index is 4.93. The molecule has 0 amide bonds. The fraction of sp³-hybridized carbons (Fsp3) is 0.0208. The standard InChI is InChI=1S/C48H31N3/c1-2-12-31(13-3-1)32-23-26-46-43(29-32)41-20-11-27-49-48(41)51(46)34-15-10-14-33(28-34)47-39-19-5-4-16-36(39)42-30-35(24-25-40(42)47)50-44-21-8-6-17-37(44)38-18-7-9-22-45(38)50/h1-30,47H. The molecule has 1 unspecified atom stereocenters. The van der Waals surface area contributed by atoms with Gasteiger partial charge in [0.2, 0.25) is 0 Å². The van der Waals surface area contributed by atoms with Crippen LogP contribution in [-0.2, 0) is 0 Å². The van der Waals surface area contributed by atoms with Crippen LogP contribution in [0.5, 0.6) is 0 Å². The van der Waals surface area contributed by atoms with Gasteiger partial charge in [-0.2, -0.15) is 0 Å². The minimum Gasteiger partial charge on any atom is -0.309 e. The highest BCUT2D eigenvalue weighted by molar-refractivity contribution is 6.10. The molecule has 1 aliphatic rings. The van der Waals surface area contributed by atoms with Gasteiger partial charge in [-0.3, -0.25) is 4.57 Å². The molecule has 0 radical (unpaired) electrons. The summed E-state index contributed by atoms with van der Waals surface area (Å²) in [5.41, 5.74) is 15.9. The van der Waals surface area contributed by atoms with E-state index in [2.05, 4.69) is 179 Å². The highest BCUT2D eigenvalue weighted by Gasteiger charge is 2.31. The van der Waals surface area contributed by atoms with Gasteiger partial charge in [-0.05, 0) is 99.6 Å². The van der Waals surface area contributed by atoms with Crippen LogP contribution in [0.15, 0.2) is 182 Å². The minimum atomic E-state index is 0.120. The summed E-state index contributed by atoms with van der Waals surface area (Å²) < 4.78 is 4.75. The summed E-state index contributed by atoms with van der Waals surface area (Å²) >= 11 is 0. The Kier molecular flexibility index (Phi) is 6.02. The van der Waals surface area contributed by atoms with Crippen LogP contribution in [0.2, 0.25) is 0 Å². The van der Waals surface area contributed by atoms with E-state index in [-0.39, 0.29) is 5.92 Å². The van der Waals surface area contributed by atoms with Crippen molar-refractivity contribution in [3.8, 4) is 33.6 Å². The third kappa shape index (κ3) is 4.15. The molecule has 10 aromatic rings. The molecule has 7 aromatic carbocycles. The summed E-state index contributed by atoms with van der Waals surface area (Å²) in [6.07, 6.45) is 1.90. The number of benzene rings is 7. The molecule has 11 rings (SSSR count). The smallest absolute Gasteiger partial charge is 0.145 e. The lowest BCUT2D eigenvalue weighted by molar-refractivity contribution is 1.00. The van der Waals surface area contributed by atoms with Crippen molar-refractivity contribution >= 4 is 43.7 Å². The van der Waals surface area contributed by atoms with E-state index >= 15 is 0 Å². The van der Waals surface area contributed by atoms with Gasteiger partial charge in [0.15, 0.2) is 0 Å². The van der Waals surface area contributed by atoms with Crippen LogP contribution >= 0.6 is 0 Å². The topological polar surface area (TPSA) is 22.8 Å². The number of aromatic nitrogens is 3. The molecule has 51 heavy (non-hydrogen) atoms. The van der Waals surface area contributed by atoms with Crippen molar-refractivity contribution in [1.82, 2.24) is 14.1 Å². The molecule has 0 aliphatic heterocycles. The zero-order valence-electron chi connectivity index (χ0n) is 27.7. The zero-order valence-corrected chi connectivity index (χ0v) is 27.7. The zero-order chi connectivity index (χ0) is 33.5. The van der Waals surface area contributed by atoms with Crippen molar-refractivity contribution in [2.24, 2.45) is 0 Å². The molecule has 0 saturated carbocycles. The number of pyridine rings is 1. The number of nitrogens with zero attached hydrogens (tertiary/aromatic N) is 3. The lowest BCUT2D eigenvalue weighted by Gasteiger charge is -2.17. The van der Waals surface area contributed by atoms with Gasteiger partial charge >= 0.3 is 0 Å². The summed E-state index contributed by atoms with van der Waals surface area (Å²) in [6.45, 7) is 0. The predicted molar refractivity (Wildman–Crippen MR) is 211 cm³/mol. The van der Waals surface area contributed by atoms with Crippen LogP contribution in [-0.4, -0.2) is 14.1 Å². The summed E-state index contributed by atoms with van der Waals surface area (Å²) in [5, 5.41) is 4.92. The molecule has 0 spiro atoms. The van der Waals surface area contributed by atoms with Crippen LogP contribution in [0.1, 0.15) is 22.6 Å². The Bertz CT molecular complexity index is 2930. The molecule has 1 atom stereocenters. The molecule has 3 nitrogen and oxygen atoms in total. The molecule has 3 heteroatoms. The van der Waals surface area contributed by atoms with Gasteiger partial charge in [0.25, 0.3) is 0 Å². The number of para-hydroxylation sites is 2. The Hall–Kier alpha value is -6.71. The van der Waals surface area contributed by atoms with Crippen molar-refractivity contribution in [1.29, 1.82) is 0 Å². The van der Waals surface area contributed by atoms with Crippen LogP contribution in [0, 0.1) is 0 Å². The Morgan fingerprint density at radius 1 is 0.392 bits per heavy atom. The molecular weight excluding hydrogens is 619 g/mol. The van der Waals surface area contributed by atoms with Crippen LogP contribution in [0.25, 0.3) is 77.4 Å². The third-order valence-corrected chi connectivity index (χ3v) is 10.8. The number of rotatable bonds is 4. The molecule has 0 bridgehead atoms. The Morgan fingerprint density at radius 2 is 1.08 bits per heavy atom. The maximum Gasteiger partial charge on any atom is 0.145 e. The molecule has 0 N–H and O–H groups in total. The van der Waals surface area contributed by atoms with Crippen molar-refractivity contribution in [2.45, 2.75) is 5.92 Å². The van der Waals surface area contributed by atoms with Crippen molar-refractivity contribution < 1.29 is 0 Å². The van der Waals surface area contributed by atoms with E-state index in [0.29, 0.717) is 0 Å². The average Bonchev–Trinajstić information content (AvgIpc) is 3.83. The van der Waals surface area contributed by atoms with Crippen molar-refractivity contribution in [3.05, 3.63) is 199 Å². The number of hydrogen-bond donors (Lipinski definition) is 0. The van der Waals surface area contributed by atoms with E-state index in [0.717, 1.165) is 22.2 Å². The minimum absolute atomic E-state index is 0.120. The van der Waals surface area contributed by atoms with E-state index in [4.69, 9.17) is 4.98 Å². The molecule has 3 heterocycles. The van der Waals surface area contributed by atoms with E-state index in [1.807, 2.05) is 12.3 Å². The highest BCUT2D eigenvalue weighted by Crippen LogP contribution is 2.49. The fourth-order valence-electron chi connectivity index (χ4n) is 8.65.